The maximum Gasteiger partial charge on any atom is 0.264 e. The lowest BCUT2D eigenvalue weighted by molar-refractivity contribution is -0.140. The molecule has 0 bridgehead atoms. The van der Waals surface area contributed by atoms with E-state index in [0.29, 0.717) is 28.3 Å². The van der Waals surface area contributed by atoms with Crippen molar-refractivity contribution in [2.24, 2.45) is 0 Å². The lowest BCUT2D eigenvalue weighted by Gasteiger charge is -2.34. The Morgan fingerprint density at radius 2 is 1.63 bits per heavy atom. The standard InChI is InChI=1S/C31H35ClFN3O4S/c1-3-28(31(38)34-26-9-5-6-10-26)35(20-23-12-16-25(33)17-13-23)30(37)21-36(29-11-7-4-8-22(29)2)41(39,40)27-18-14-24(32)15-19-27/h4,7-8,11-19,26,28H,3,5-6,9-10,20-21H2,1-2H3,(H,34,38). The first kappa shape index (κ1) is 30.5. The van der Waals surface area contributed by atoms with Crippen molar-refractivity contribution in [1.29, 1.82) is 0 Å². The zero-order valence-corrected chi connectivity index (χ0v) is 24.8. The van der Waals surface area contributed by atoms with E-state index in [1.165, 1.54) is 41.3 Å². The number of benzene rings is 3. The van der Waals surface area contributed by atoms with Crippen molar-refractivity contribution in [3.8, 4) is 0 Å². The Balaban J connectivity index is 1.72. The number of sulfonamides is 1. The molecular formula is C31H35ClFN3O4S. The highest BCUT2D eigenvalue weighted by molar-refractivity contribution is 7.92. The minimum Gasteiger partial charge on any atom is -0.352 e. The van der Waals surface area contributed by atoms with E-state index in [9.17, 15) is 22.4 Å². The fourth-order valence-electron chi connectivity index (χ4n) is 5.16. The van der Waals surface area contributed by atoms with E-state index in [1.54, 1.807) is 43.3 Å². The highest BCUT2D eigenvalue weighted by Crippen LogP contribution is 2.28. The van der Waals surface area contributed by atoms with Crippen molar-refractivity contribution in [3.05, 3.63) is 94.8 Å². The molecule has 1 saturated carbocycles. The highest BCUT2D eigenvalue weighted by Gasteiger charge is 2.35. The summed E-state index contributed by atoms with van der Waals surface area (Å²) in [6, 6.07) is 17.6. The van der Waals surface area contributed by atoms with Crippen LogP contribution in [0.4, 0.5) is 10.1 Å². The summed E-state index contributed by atoms with van der Waals surface area (Å²) in [5, 5.41) is 3.46. The van der Waals surface area contributed by atoms with E-state index in [0.717, 1.165) is 30.0 Å². The molecule has 2 amide bonds. The number of hydrogen-bond donors (Lipinski definition) is 1. The van der Waals surface area contributed by atoms with Gasteiger partial charge < -0.3 is 10.2 Å². The molecule has 10 heteroatoms. The van der Waals surface area contributed by atoms with E-state index in [4.69, 9.17) is 11.6 Å². The van der Waals surface area contributed by atoms with Gasteiger partial charge >= 0.3 is 0 Å². The number of carbonyl (C=O) groups is 2. The van der Waals surface area contributed by atoms with E-state index in [-0.39, 0.29) is 23.4 Å². The van der Waals surface area contributed by atoms with Gasteiger partial charge in [0.25, 0.3) is 10.0 Å². The van der Waals surface area contributed by atoms with Gasteiger partial charge in [0.05, 0.1) is 10.6 Å². The number of amides is 2. The van der Waals surface area contributed by atoms with E-state index < -0.39 is 34.3 Å². The van der Waals surface area contributed by atoms with Crippen LogP contribution in [-0.4, -0.2) is 43.8 Å². The topological polar surface area (TPSA) is 86.8 Å². The normalized spacial score (nSPS) is 14.4. The average molecular weight is 600 g/mol. The summed E-state index contributed by atoms with van der Waals surface area (Å²) in [4.78, 5) is 29.0. The molecule has 1 unspecified atom stereocenters. The third-order valence-electron chi connectivity index (χ3n) is 7.42. The molecule has 1 atom stereocenters. The zero-order chi connectivity index (χ0) is 29.6. The molecule has 0 aliphatic heterocycles. The molecule has 0 aromatic heterocycles. The molecule has 0 radical (unpaired) electrons. The second kappa shape index (κ2) is 13.5. The number of anilines is 1. The predicted octanol–water partition coefficient (Wildman–Crippen LogP) is 5.85. The molecule has 7 nitrogen and oxygen atoms in total. The van der Waals surface area contributed by atoms with Crippen LogP contribution in [0, 0.1) is 12.7 Å². The smallest absolute Gasteiger partial charge is 0.264 e. The molecule has 1 fully saturated rings. The largest absolute Gasteiger partial charge is 0.352 e. The Morgan fingerprint density at radius 1 is 1.00 bits per heavy atom. The van der Waals surface area contributed by atoms with Crippen molar-refractivity contribution in [3.63, 3.8) is 0 Å². The van der Waals surface area contributed by atoms with Crippen LogP contribution in [0.2, 0.25) is 5.02 Å². The summed E-state index contributed by atoms with van der Waals surface area (Å²) >= 11 is 6.01. The van der Waals surface area contributed by atoms with Gasteiger partial charge in [0.15, 0.2) is 0 Å². The quantitative estimate of drug-likeness (QED) is 0.300. The monoisotopic (exact) mass is 599 g/mol. The van der Waals surface area contributed by atoms with Gasteiger partial charge in [-0.1, -0.05) is 61.7 Å². The molecular weight excluding hydrogens is 565 g/mol. The minimum atomic E-state index is -4.19. The number of hydrogen-bond acceptors (Lipinski definition) is 4. The van der Waals surface area contributed by atoms with Crippen molar-refractivity contribution >= 4 is 39.1 Å². The van der Waals surface area contributed by atoms with E-state index in [1.807, 2.05) is 6.92 Å². The number of nitrogens with zero attached hydrogens (tertiary/aromatic N) is 2. The van der Waals surface area contributed by atoms with Gasteiger partial charge in [-0.15, -0.1) is 0 Å². The fraction of sp³-hybridized carbons (Fsp3) is 0.355. The van der Waals surface area contributed by atoms with Crippen LogP contribution >= 0.6 is 11.6 Å². The lowest BCUT2D eigenvalue weighted by atomic mass is 10.1. The van der Waals surface area contributed by atoms with Crippen LogP contribution in [0.25, 0.3) is 0 Å². The fourth-order valence-corrected chi connectivity index (χ4v) is 6.77. The first-order valence-corrected chi connectivity index (χ1v) is 15.6. The summed E-state index contributed by atoms with van der Waals surface area (Å²) in [5.41, 5.74) is 1.63. The van der Waals surface area contributed by atoms with E-state index in [2.05, 4.69) is 5.32 Å². The van der Waals surface area contributed by atoms with Crippen molar-refractivity contribution in [2.45, 2.75) is 69.5 Å². The summed E-state index contributed by atoms with van der Waals surface area (Å²) in [7, 11) is -4.19. The number of rotatable bonds is 11. The molecule has 218 valence electrons. The van der Waals surface area contributed by atoms with Crippen molar-refractivity contribution in [1.82, 2.24) is 10.2 Å². The van der Waals surface area contributed by atoms with Crippen LogP contribution in [0.5, 0.6) is 0 Å². The van der Waals surface area contributed by atoms with Crippen LogP contribution in [0.3, 0.4) is 0 Å². The number of carbonyl (C=O) groups excluding carboxylic acids is 2. The predicted molar refractivity (Wildman–Crippen MR) is 159 cm³/mol. The van der Waals surface area contributed by atoms with Crippen molar-refractivity contribution in [2.75, 3.05) is 10.8 Å². The Labute approximate surface area is 246 Å². The molecule has 0 heterocycles. The van der Waals surface area contributed by atoms with Gasteiger partial charge in [0, 0.05) is 17.6 Å². The zero-order valence-electron chi connectivity index (χ0n) is 23.2. The van der Waals surface area contributed by atoms with Crippen LogP contribution < -0.4 is 9.62 Å². The second-order valence-corrected chi connectivity index (χ2v) is 12.6. The molecule has 3 aromatic rings. The van der Waals surface area contributed by atoms with Crippen LogP contribution in [-0.2, 0) is 26.2 Å². The average Bonchev–Trinajstić information content (AvgIpc) is 3.46. The molecule has 1 N–H and O–H groups in total. The van der Waals surface area contributed by atoms with E-state index >= 15 is 0 Å². The van der Waals surface area contributed by atoms with Gasteiger partial charge in [-0.2, -0.15) is 0 Å². The molecule has 1 aliphatic carbocycles. The molecule has 0 spiro atoms. The second-order valence-electron chi connectivity index (χ2n) is 10.3. The Hall–Kier alpha value is -3.43. The molecule has 3 aromatic carbocycles. The maximum absolute atomic E-state index is 14.1. The Bertz CT molecular complexity index is 1460. The van der Waals surface area contributed by atoms with Gasteiger partial charge in [-0.05, 0) is 79.8 Å². The van der Waals surface area contributed by atoms with Gasteiger partial charge in [-0.25, -0.2) is 12.8 Å². The minimum absolute atomic E-state index is 0.0122. The van der Waals surface area contributed by atoms with Gasteiger partial charge in [-0.3, -0.25) is 13.9 Å². The summed E-state index contributed by atoms with van der Waals surface area (Å²) in [5.74, 6) is -1.25. The van der Waals surface area contributed by atoms with Crippen LogP contribution in [0.1, 0.15) is 50.2 Å². The third-order valence-corrected chi connectivity index (χ3v) is 9.44. The highest BCUT2D eigenvalue weighted by atomic mass is 35.5. The number of aryl methyl sites for hydroxylation is 1. The summed E-state index contributed by atoms with van der Waals surface area (Å²) < 4.78 is 42.6. The lowest BCUT2D eigenvalue weighted by Crippen LogP contribution is -2.53. The molecule has 41 heavy (non-hydrogen) atoms. The molecule has 1 aliphatic rings. The first-order chi connectivity index (χ1) is 19.6. The number of halogens is 2. The Kier molecular flexibility index (Phi) is 10.0. The number of para-hydroxylation sites is 1. The first-order valence-electron chi connectivity index (χ1n) is 13.8. The molecule has 0 saturated heterocycles. The summed E-state index contributed by atoms with van der Waals surface area (Å²) in [6.45, 7) is 3.06. The summed E-state index contributed by atoms with van der Waals surface area (Å²) in [6.07, 6.45) is 4.16. The number of nitrogens with one attached hydrogen (secondary N) is 1. The van der Waals surface area contributed by atoms with Gasteiger partial charge in [0.1, 0.15) is 18.4 Å². The van der Waals surface area contributed by atoms with Crippen LogP contribution in [0.15, 0.2) is 77.7 Å². The van der Waals surface area contributed by atoms with Gasteiger partial charge in [0.2, 0.25) is 11.8 Å². The van der Waals surface area contributed by atoms with Crippen molar-refractivity contribution < 1.29 is 22.4 Å². The maximum atomic E-state index is 14.1. The Morgan fingerprint density at radius 3 is 2.24 bits per heavy atom. The SMILES string of the molecule is CCC(C(=O)NC1CCCC1)N(Cc1ccc(F)cc1)C(=O)CN(c1ccccc1C)S(=O)(=O)c1ccc(Cl)cc1. The third kappa shape index (κ3) is 7.45. The molecule has 4 rings (SSSR count).